The van der Waals surface area contributed by atoms with Crippen molar-refractivity contribution in [1.82, 2.24) is 14.3 Å². The standard InChI is InChI=1S/C21H24N4O2S/c1-14-6-8-24(9-7-14)13-16-4-3-5-17(10-16)23-19(26)18-11-22-21-25(20(18)27)12-15(2)28-21/h3-5,10-12,14H,6-9,13H2,1-2H3,(H,23,26). The van der Waals surface area contributed by atoms with Gasteiger partial charge < -0.3 is 5.32 Å². The van der Waals surface area contributed by atoms with Crippen molar-refractivity contribution in [3.8, 4) is 0 Å². The van der Waals surface area contributed by atoms with Gasteiger partial charge in [-0.05, 0) is 56.5 Å². The summed E-state index contributed by atoms with van der Waals surface area (Å²) in [6, 6.07) is 7.84. The molecule has 146 valence electrons. The largest absolute Gasteiger partial charge is 0.322 e. The number of amides is 1. The predicted molar refractivity (Wildman–Crippen MR) is 112 cm³/mol. The zero-order chi connectivity index (χ0) is 19.7. The van der Waals surface area contributed by atoms with E-state index in [0.717, 1.165) is 36.0 Å². The van der Waals surface area contributed by atoms with Crippen LogP contribution in [-0.2, 0) is 6.54 Å². The smallest absolute Gasteiger partial charge is 0.271 e. The number of piperidine rings is 1. The number of rotatable bonds is 4. The Balaban J connectivity index is 1.49. The highest BCUT2D eigenvalue weighted by molar-refractivity contribution is 7.16. The fourth-order valence-electron chi connectivity index (χ4n) is 3.58. The molecule has 3 heterocycles. The van der Waals surface area contributed by atoms with E-state index in [-0.39, 0.29) is 11.1 Å². The monoisotopic (exact) mass is 396 g/mol. The summed E-state index contributed by atoms with van der Waals surface area (Å²) in [5.74, 6) is 0.374. The van der Waals surface area contributed by atoms with Crippen LogP contribution in [-0.4, -0.2) is 33.3 Å². The molecule has 7 heteroatoms. The van der Waals surface area contributed by atoms with Crippen molar-refractivity contribution >= 4 is 27.9 Å². The molecule has 0 atom stereocenters. The van der Waals surface area contributed by atoms with Gasteiger partial charge in [-0.3, -0.25) is 18.9 Å². The Morgan fingerprint density at radius 2 is 2.11 bits per heavy atom. The highest BCUT2D eigenvalue weighted by atomic mass is 32.1. The van der Waals surface area contributed by atoms with E-state index in [1.54, 1.807) is 6.20 Å². The van der Waals surface area contributed by atoms with Crippen LogP contribution in [0.3, 0.4) is 0 Å². The molecule has 1 N–H and O–H groups in total. The fraction of sp³-hybridized carbons (Fsp3) is 0.381. The van der Waals surface area contributed by atoms with Crippen LogP contribution in [0.2, 0.25) is 0 Å². The summed E-state index contributed by atoms with van der Waals surface area (Å²) in [6.45, 7) is 7.31. The minimum Gasteiger partial charge on any atom is -0.322 e. The second-order valence-corrected chi connectivity index (χ2v) is 8.80. The summed E-state index contributed by atoms with van der Waals surface area (Å²) >= 11 is 1.42. The molecule has 1 aromatic carbocycles. The number of nitrogens with zero attached hydrogens (tertiary/aromatic N) is 3. The molecular weight excluding hydrogens is 372 g/mol. The van der Waals surface area contributed by atoms with Crippen molar-refractivity contribution in [2.24, 2.45) is 5.92 Å². The summed E-state index contributed by atoms with van der Waals surface area (Å²) in [6.07, 6.45) is 5.55. The van der Waals surface area contributed by atoms with Gasteiger partial charge in [0.05, 0.1) is 0 Å². The van der Waals surface area contributed by atoms with Crippen LogP contribution < -0.4 is 10.9 Å². The van der Waals surface area contributed by atoms with Crippen molar-refractivity contribution in [1.29, 1.82) is 0 Å². The number of likely N-dealkylation sites (tertiary alicyclic amines) is 1. The number of carbonyl (C=O) groups is 1. The molecule has 1 saturated heterocycles. The molecule has 4 rings (SSSR count). The van der Waals surface area contributed by atoms with E-state index in [0.29, 0.717) is 10.6 Å². The third kappa shape index (κ3) is 4.00. The molecule has 3 aromatic rings. The highest BCUT2D eigenvalue weighted by Gasteiger charge is 2.17. The Bertz CT molecular complexity index is 1060. The molecule has 0 saturated carbocycles. The molecule has 1 aliphatic heterocycles. The highest BCUT2D eigenvalue weighted by Crippen LogP contribution is 2.20. The molecule has 0 bridgehead atoms. The summed E-state index contributed by atoms with van der Waals surface area (Å²) < 4.78 is 1.43. The Kier molecular flexibility index (Phi) is 5.28. The first kappa shape index (κ1) is 18.8. The maximum atomic E-state index is 12.7. The van der Waals surface area contributed by atoms with Gasteiger partial charge in [0.1, 0.15) is 5.56 Å². The number of benzene rings is 1. The van der Waals surface area contributed by atoms with Crippen LogP contribution in [0.25, 0.3) is 4.96 Å². The second-order valence-electron chi connectivity index (χ2n) is 7.58. The summed E-state index contributed by atoms with van der Waals surface area (Å²) in [7, 11) is 0. The minimum atomic E-state index is -0.431. The summed E-state index contributed by atoms with van der Waals surface area (Å²) in [4.78, 5) is 33.5. The zero-order valence-corrected chi connectivity index (χ0v) is 17.0. The van der Waals surface area contributed by atoms with Crippen molar-refractivity contribution in [3.63, 3.8) is 0 Å². The van der Waals surface area contributed by atoms with E-state index in [2.05, 4.69) is 28.2 Å². The van der Waals surface area contributed by atoms with Crippen molar-refractivity contribution in [2.75, 3.05) is 18.4 Å². The lowest BCUT2D eigenvalue weighted by molar-refractivity contribution is 0.102. The first-order chi connectivity index (χ1) is 13.5. The minimum absolute atomic E-state index is 0.0470. The summed E-state index contributed by atoms with van der Waals surface area (Å²) in [5.41, 5.74) is 1.56. The predicted octanol–water partition coefficient (Wildman–Crippen LogP) is 3.55. The molecule has 1 amide bonds. The molecule has 28 heavy (non-hydrogen) atoms. The van der Waals surface area contributed by atoms with Crippen molar-refractivity contribution in [3.05, 3.63) is 63.0 Å². The van der Waals surface area contributed by atoms with Gasteiger partial charge in [-0.2, -0.15) is 0 Å². The van der Waals surface area contributed by atoms with E-state index in [9.17, 15) is 9.59 Å². The lowest BCUT2D eigenvalue weighted by Crippen LogP contribution is -2.32. The SMILES string of the molecule is Cc1cn2c(=O)c(C(=O)Nc3cccc(CN4CCC(C)CC4)c3)cnc2s1. The first-order valence-electron chi connectivity index (χ1n) is 9.60. The van der Waals surface area contributed by atoms with E-state index in [4.69, 9.17) is 0 Å². The number of hydrogen-bond donors (Lipinski definition) is 1. The van der Waals surface area contributed by atoms with Gasteiger partial charge in [-0.15, -0.1) is 11.3 Å². The van der Waals surface area contributed by atoms with E-state index in [1.807, 2.05) is 25.1 Å². The Hall–Kier alpha value is -2.51. The fourth-order valence-corrected chi connectivity index (χ4v) is 4.36. The molecule has 0 unspecified atom stereocenters. The van der Waals surface area contributed by atoms with E-state index < -0.39 is 5.91 Å². The van der Waals surface area contributed by atoms with Gasteiger partial charge >= 0.3 is 0 Å². The van der Waals surface area contributed by atoms with Gasteiger partial charge in [-0.1, -0.05) is 19.1 Å². The maximum Gasteiger partial charge on any atom is 0.271 e. The molecule has 6 nitrogen and oxygen atoms in total. The van der Waals surface area contributed by atoms with Crippen LogP contribution in [0.15, 0.2) is 41.5 Å². The average Bonchev–Trinajstić information content (AvgIpc) is 3.05. The Morgan fingerprint density at radius 3 is 2.89 bits per heavy atom. The summed E-state index contributed by atoms with van der Waals surface area (Å²) in [5, 5.41) is 2.85. The maximum absolute atomic E-state index is 12.7. The van der Waals surface area contributed by atoms with Crippen molar-refractivity contribution in [2.45, 2.75) is 33.2 Å². The second kappa shape index (κ2) is 7.85. The number of carbonyl (C=O) groups excluding carboxylic acids is 1. The topological polar surface area (TPSA) is 66.7 Å². The number of fused-ring (bicyclic) bond motifs is 1. The van der Waals surface area contributed by atoms with Crippen molar-refractivity contribution < 1.29 is 4.79 Å². The van der Waals surface area contributed by atoms with Gasteiger partial charge in [0.25, 0.3) is 11.5 Å². The third-order valence-corrected chi connectivity index (χ3v) is 6.15. The molecule has 0 spiro atoms. The van der Waals surface area contributed by atoms with Gasteiger partial charge in [0, 0.05) is 29.5 Å². The van der Waals surface area contributed by atoms with Crippen LogP contribution in [0, 0.1) is 12.8 Å². The van der Waals surface area contributed by atoms with Crippen LogP contribution in [0.1, 0.15) is 40.6 Å². The lowest BCUT2D eigenvalue weighted by atomic mass is 9.99. The van der Waals surface area contributed by atoms with Crippen LogP contribution in [0.4, 0.5) is 5.69 Å². The quantitative estimate of drug-likeness (QED) is 0.732. The lowest BCUT2D eigenvalue weighted by Gasteiger charge is -2.30. The number of thiazole rings is 1. The zero-order valence-electron chi connectivity index (χ0n) is 16.1. The van der Waals surface area contributed by atoms with E-state index in [1.165, 1.54) is 34.8 Å². The number of aromatic nitrogens is 2. The molecule has 0 radical (unpaired) electrons. The van der Waals surface area contributed by atoms with Crippen LogP contribution in [0.5, 0.6) is 0 Å². The third-order valence-electron chi connectivity index (χ3n) is 5.23. The normalized spacial score (nSPS) is 15.8. The number of nitrogens with one attached hydrogen (secondary N) is 1. The Morgan fingerprint density at radius 1 is 1.32 bits per heavy atom. The first-order valence-corrected chi connectivity index (χ1v) is 10.4. The van der Waals surface area contributed by atoms with Gasteiger partial charge in [0.15, 0.2) is 4.96 Å². The average molecular weight is 397 g/mol. The van der Waals surface area contributed by atoms with E-state index >= 15 is 0 Å². The van der Waals surface area contributed by atoms with Gasteiger partial charge in [-0.25, -0.2) is 4.98 Å². The van der Waals surface area contributed by atoms with Gasteiger partial charge in [0.2, 0.25) is 0 Å². The molecule has 1 fully saturated rings. The number of aryl methyl sites for hydroxylation is 1. The Labute approximate surface area is 167 Å². The van der Waals surface area contributed by atoms with Crippen LogP contribution >= 0.6 is 11.3 Å². The molecule has 0 aliphatic carbocycles. The number of anilines is 1. The molecule has 2 aromatic heterocycles. The molecular formula is C21H24N4O2S. The molecule has 1 aliphatic rings. The number of hydrogen-bond acceptors (Lipinski definition) is 5.